The Bertz CT molecular complexity index is 595. The predicted molar refractivity (Wildman–Crippen MR) is 63.7 cm³/mol. The van der Waals surface area contributed by atoms with Crippen molar-refractivity contribution >= 4 is 11.7 Å². The van der Waals surface area contributed by atoms with Crippen molar-refractivity contribution in [3.05, 3.63) is 53.5 Å². The van der Waals surface area contributed by atoms with Gasteiger partial charge in [-0.05, 0) is 24.3 Å². The molecule has 0 amide bonds. The normalized spacial score (nSPS) is 10.3. The molecule has 0 aliphatic rings. The van der Waals surface area contributed by atoms with Crippen molar-refractivity contribution in [2.24, 2.45) is 0 Å². The second kappa shape index (κ2) is 5.51. The van der Waals surface area contributed by atoms with Crippen LogP contribution in [0.3, 0.4) is 0 Å². The average Bonchev–Trinajstić information content (AvgIpc) is 2.85. The topological polar surface area (TPSA) is 51.5 Å². The molecule has 1 aromatic carbocycles. The molecular formula is C13H11F2NO3. The van der Waals surface area contributed by atoms with Crippen LogP contribution in [0, 0.1) is 11.6 Å². The molecule has 0 bridgehead atoms. The van der Waals surface area contributed by atoms with Gasteiger partial charge in [-0.25, -0.2) is 13.6 Å². The molecular weight excluding hydrogens is 256 g/mol. The number of rotatable bonds is 4. The molecule has 0 atom stereocenters. The third-order valence-electron chi connectivity index (χ3n) is 2.43. The minimum Gasteiger partial charge on any atom is -0.463 e. The van der Waals surface area contributed by atoms with E-state index in [0.717, 1.165) is 12.1 Å². The van der Waals surface area contributed by atoms with Gasteiger partial charge in [0.1, 0.15) is 17.4 Å². The van der Waals surface area contributed by atoms with Gasteiger partial charge in [-0.15, -0.1) is 0 Å². The summed E-state index contributed by atoms with van der Waals surface area (Å²) in [4.78, 5) is 11.2. The number of benzene rings is 1. The first-order valence-corrected chi connectivity index (χ1v) is 5.46. The summed E-state index contributed by atoms with van der Waals surface area (Å²) in [5.74, 6) is -1.42. The molecule has 1 aromatic heterocycles. The monoisotopic (exact) mass is 267 g/mol. The Morgan fingerprint density at radius 3 is 2.79 bits per heavy atom. The zero-order chi connectivity index (χ0) is 13.8. The fourth-order valence-corrected chi connectivity index (χ4v) is 1.50. The summed E-state index contributed by atoms with van der Waals surface area (Å²) in [5.41, 5.74) is 0.150. The van der Waals surface area contributed by atoms with E-state index in [9.17, 15) is 13.6 Å². The Balaban J connectivity index is 2.02. The van der Waals surface area contributed by atoms with E-state index >= 15 is 0 Å². The first-order chi connectivity index (χ1) is 9.10. The summed E-state index contributed by atoms with van der Waals surface area (Å²) in [7, 11) is 1.25. The quantitative estimate of drug-likeness (QED) is 0.865. The molecule has 0 radical (unpaired) electrons. The standard InChI is InChI=1S/C13H11F2NO3/c1-18-13(17)12-5-3-9(19-12)7-16-11-4-2-8(14)6-10(11)15/h2-6,16H,7H2,1H3. The first kappa shape index (κ1) is 13.1. The highest BCUT2D eigenvalue weighted by Crippen LogP contribution is 2.17. The molecule has 100 valence electrons. The van der Waals surface area contributed by atoms with Gasteiger partial charge >= 0.3 is 5.97 Å². The van der Waals surface area contributed by atoms with E-state index in [1.165, 1.54) is 19.2 Å². The van der Waals surface area contributed by atoms with Crippen LogP contribution in [0.1, 0.15) is 16.3 Å². The first-order valence-electron chi connectivity index (χ1n) is 5.46. The van der Waals surface area contributed by atoms with Gasteiger partial charge < -0.3 is 14.5 Å². The molecule has 0 aliphatic heterocycles. The second-order valence-corrected chi connectivity index (χ2v) is 3.74. The Morgan fingerprint density at radius 1 is 1.32 bits per heavy atom. The van der Waals surface area contributed by atoms with Gasteiger partial charge in [-0.2, -0.15) is 0 Å². The summed E-state index contributed by atoms with van der Waals surface area (Å²) in [5, 5.41) is 2.74. The maximum atomic E-state index is 13.3. The largest absolute Gasteiger partial charge is 0.463 e. The number of anilines is 1. The Labute approximate surface area is 108 Å². The van der Waals surface area contributed by atoms with E-state index in [-0.39, 0.29) is 18.0 Å². The number of hydrogen-bond donors (Lipinski definition) is 1. The van der Waals surface area contributed by atoms with Crippen molar-refractivity contribution in [1.29, 1.82) is 0 Å². The van der Waals surface area contributed by atoms with Gasteiger partial charge in [0.15, 0.2) is 0 Å². The number of furan rings is 1. The highest BCUT2D eigenvalue weighted by atomic mass is 19.1. The molecule has 2 aromatic rings. The summed E-state index contributed by atoms with van der Waals surface area (Å²) < 4.78 is 35.7. The molecule has 1 N–H and O–H groups in total. The van der Waals surface area contributed by atoms with Crippen LogP contribution in [-0.4, -0.2) is 13.1 Å². The molecule has 4 nitrogen and oxygen atoms in total. The molecule has 6 heteroatoms. The second-order valence-electron chi connectivity index (χ2n) is 3.74. The van der Waals surface area contributed by atoms with E-state index in [4.69, 9.17) is 4.42 Å². The number of methoxy groups -OCH3 is 1. The van der Waals surface area contributed by atoms with Crippen molar-refractivity contribution in [2.45, 2.75) is 6.54 Å². The van der Waals surface area contributed by atoms with Crippen LogP contribution in [0.2, 0.25) is 0 Å². The van der Waals surface area contributed by atoms with Crippen LogP contribution in [-0.2, 0) is 11.3 Å². The van der Waals surface area contributed by atoms with Crippen molar-refractivity contribution in [3.8, 4) is 0 Å². The number of hydrogen-bond acceptors (Lipinski definition) is 4. The maximum absolute atomic E-state index is 13.3. The predicted octanol–water partition coefficient (Wildman–Crippen LogP) is 2.96. The van der Waals surface area contributed by atoms with Gasteiger partial charge in [-0.1, -0.05) is 0 Å². The van der Waals surface area contributed by atoms with E-state index < -0.39 is 17.6 Å². The molecule has 0 spiro atoms. The van der Waals surface area contributed by atoms with Crippen LogP contribution in [0.15, 0.2) is 34.7 Å². The summed E-state index contributed by atoms with van der Waals surface area (Å²) in [6.45, 7) is 0.166. The molecule has 2 rings (SSSR count). The summed E-state index contributed by atoms with van der Waals surface area (Å²) in [6, 6.07) is 6.25. The fourth-order valence-electron chi connectivity index (χ4n) is 1.50. The Kier molecular flexibility index (Phi) is 3.79. The molecule has 0 saturated heterocycles. The van der Waals surface area contributed by atoms with Crippen LogP contribution >= 0.6 is 0 Å². The minimum absolute atomic E-state index is 0.0684. The summed E-state index contributed by atoms with van der Waals surface area (Å²) in [6.07, 6.45) is 0. The lowest BCUT2D eigenvalue weighted by Crippen LogP contribution is -2.01. The number of nitrogens with one attached hydrogen (secondary N) is 1. The highest BCUT2D eigenvalue weighted by Gasteiger charge is 2.11. The molecule has 1 heterocycles. The third kappa shape index (κ3) is 3.09. The third-order valence-corrected chi connectivity index (χ3v) is 2.43. The van der Waals surface area contributed by atoms with Crippen LogP contribution < -0.4 is 5.32 Å². The maximum Gasteiger partial charge on any atom is 0.373 e. The van der Waals surface area contributed by atoms with Gasteiger partial charge in [0.25, 0.3) is 0 Å². The number of carbonyl (C=O) groups excluding carboxylic acids is 1. The lowest BCUT2D eigenvalue weighted by Gasteiger charge is -2.05. The number of carbonyl (C=O) groups is 1. The molecule has 0 fully saturated rings. The van der Waals surface area contributed by atoms with Crippen LogP contribution in [0.5, 0.6) is 0 Å². The van der Waals surface area contributed by atoms with Crippen molar-refractivity contribution < 1.29 is 22.7 Å². The number of halogens is 2. The average molecular weight is 267 g/mol. The Morgan fingerprint density at radius 2 is 2.11 bits per heavy atom. The Hall–Kier alpha value is -2.37. The zero-order valence-electron chi connectivity index (χ0n) is 10.1. The van der Waals surface area contributed by atoms with Crippen LogP contribution in [0.25, 0.3) is 0 Å². The van der Waals surface area contributed by atoms with Gasteiger partial charge in [-0.3, -0.25) is 0 Å². The van der Waals surface area contributed by atoms with Gasteiger partial charge in [0, 0.05) is 6.07 Å². The van der Waals surface area contributed by atoms with Crippen molar-refractivity contribution in [2.75, 3.05) is 12.4 Å². The van der Waals surface area contributed by atoms with Crippen molar-refractivity contribution in [3.63, 3.8) is 0 Å². The van der Waals surface area contributed by atoms with E-state index in [2.05, 4.69) is 10.1 Å². The highest BCUT2D eigenvalue weighted by molar-refractivity contribution is 5.86. The fraction of sp³-hybridized carbons (Fsp3) is 0.154. The van der Waals surface area contributed by atoms with Crippen LogP contribution in [0.4, 0.5) is 14.5 Å². The lowest BCUT2D eigenvalue weighted by atomic mass is 10.3. The number of esters is 1. The summed E-state index contributed by atoms with van der Waals surface area (Å²) >= 11 is 0. The number of ether oxygens (including phenoxy) is 1. The van der Waals surface area contributed by atoms with E-state index in [0.29, 0.717) is 5.76 Å². The smallest absolute Gasteiger partial charge is 0.373 e. The molecule has 0 unspecified atom stereocenters. The van der Waals surface area contributed by atoms with Crippen molar-refractivity contribution in [1.82, 2.24) is 0 Å². The minimum atomic E-state index is -0.695. The molecule has 19 heavy (non-hydrogen) atoms. The SMILES string of the molecule is COC(=O)c1ccc(CNc2ccc(F)cc2F)o1. The lowest BCUT2D eigenvalue weighted by molar-refractivity contribution is 0.0563. The van der Waals surface area contributed by atoms with E-state index in [1.54, 1.807) is 6.07 Å². The molecule has 0 saturated carbocycles. The van der Waals surface area contributed by atoms with E-state index in [1.807, 2.05) is 0 Å². The van der Waals surface area contributed by atoms with Gasteiger partial charge in [0.2, 0.25) is 5.76 Å². The van der Waals surface area contributed by atoms with Gasteiger partial charge in [0.05, 0.1) is 19.3 Å². The molecule has 0 aliphatic carbocycles. The zero-order valence-corrected chi connectivity index (χ0v) is 10.1.